The topological polar surface area (TPSA) is 112 Å². The predicted octanol–water partition coefficient (Wildman–Crippen LogP) is 3.00. The van der Waals surface area contributed by atoms with Crippen LogP contribution in [-0.4, -0.2) is 38.5 Å². The Labute approximate surface area is 127 Å². The predicted molar refractivity (Wildman–Crippen MR) is 82.3 cm³/mol. The molecule has 0 radical (unpaired) electrons. The third-order valence-corrected chi connectivity index (χ3v) is 4.02. The minimum Gasteiger partial charge on any atom is -0.394 e. The van der Waals surface area contributed by atoms with Gasteiger partial charge in [-0.3, -0.25) is 4.18 Å². The molecule has 0 spiro atoms. The van der Waals surface area contributed by atoms with Crippen molar-refractivity contribution in [2.24, 2.45) is 11.0 Å². The molecule has 21 heavy (non-hydrogen) atoms. The summed E-state index contributed by atoms with van der Waals surface area (Å²) in [5.74, 6) is 0.0669. The Kier molecular flexibility index (Phi) is 10.4. The molecule has 7 nitrogen and oxygen atoms in total. The summed E-state index contributed by atoms with van der Waals surface area (Å²) in [7, 11) is -3.59. The molecule has 0 saturated heterocycles. The van der Waals surface area contributed by atoms with Crippen LogP contribution in [0.25, 0.3) is 10.4 Å². The summed E-state index contributed by atoms with van der Waals surface area (Å²) in [4.78, 5) is 2.86. The van der Waals surface area contributed by atoms with E-state index < -0.39 is 16.2 Å². The standard InChI is InChI=1S/C11H21N3O4S.C2H6/c1-19(16,17)18-10(8-15)7-9-5-3-2-4-6-11(9)13-14-12;1-2/h9-11,15H,2-8H2,1H3;1-2H3/t9-,10?,11+;/m0./s1. The first-order chi connectivity index (χ1) is 9.96. The zero-order chi connectivity index (χ0) is 16.3. The smallest absolute Gasteiger partial charge is 0.264 e. The number of rotatable bonds is 6. The molecule has 0 aliphatic heterocycles. The van der Waals surface area contributed by atoms with Gasteiger partial charge < -0.3 is 5.11 Å². The average Bonchev–Trinajstić information content (AvgIpc) is 2.65. The molecule has 1 aliphatic carbocycles. The van der Waals surface area contributed by atoms with Crippen molar-refractivity contribution in [3.05, 3.63) is 10.4 Å². The highest BCUT2D eigenvalue weighted by Gasteiger charge is 2.27. The molecule has 1 aliphatic rings. The first-order valence-electron chi connectivity index (χ1n) is 7.49. The van der Waals surface area contributed by atoms with E-state index in [-0.39, 0.29) is 18.6 Å². The van der Waals surface area contributed by atoms with Crippen LogP contribution in [0.5, 0.6) is 0 Å². The maximum atomic E-state index is 11.1. The van der Waals surface area contributed by atoms with Crippen molar-refractivity contribution in [1.82, 2.24) is 0 Å². The van der Waals surface area contributed by atoms with Crippen molar-refractivity contribution in [1.29, 1.82) is 0 Å². The van der Waals surface area contributed by atoms with E-state index in [1.54, 1.807) is 0 Å². The molecular formula is C13H27N3O4S. The van der Waals surface area contributed by atoms with Crippen molar-refractivity contribution in [3.63, 3.8) is 0 Å². The third-order valence-electron chi connectivity index (χ3n) is 3.40. The highest BCUT2D eigenvalue weighted by atomic mass is 32.2. The lowest BCUT2D eigenvalue weighted by Gasteiger charge is -2.24. The fourth-order valence-corrected chi connectivity index (χ4v) is 3.22. The third kappa shape index (κ3) is 8.93. The van der Waals surface area contributed by atoms with Crippen molar-refractivity contribution in [3.8, 4) is 0 Å². The molecule has 0 heterocycles. The molecule has 0 aromatic heterocycles. The van der Waals surface area contributed by atoms with Crippen molar-refractivity contribution in [2.75, 3.05) is 12.9 Å². The SMILES string of the molecule is CC.CS(=O)(=O)OC(CO)C[C@@H]1CCCCC[C@H]1N=[N+]=[N-]. The second-order valence-corrected chi connectivity index (χ2v) is 6.61. The number of azide groups is 1. The average molecular weight is 321 g/mol. The van der Waals surface area contributed by atoms with Crippen LogP contribution < -0.4 is 0 Å². The number of aliphatic hydroxyl groups excluding tert-OH is 1. The Hall–Kier alpha value is -0.820. The number of hydrogen-bond donors (Lipinski definition) is 1. The summed E-state index contributed by atoms with van der Waals surface area (Å²) in [6.07, 6.45) is 5.41. The molecule has 1 unspecified atom stereocenters. The second kappa shape index (κ2) is 10.8. The van der Waals surface area contributed by atoms with Gasteiger partial charge >= 0.3 is 0 Å². The van der Waals surface area contributed by atoms with E-state index in [0.717, 1.165) is 38.4 Å². The van der Waals surface area contributed by atoms with Crippen LogP contribution >= 0.6 is 0 Å². The van der Waals surface area contributed by atoms with E-state index in [0.29, 0.717) is 6.42 Å². The summed E-state index contributed by atoms with van der Waals surface area (Å²) in [5, 5.41) is 13.0. The van der Waals surface area contributed by atoms with Gasteiger partial charge in [-0.1, -0.05) is 38.2 Å². The Morgan fingerprint density at radius 2 is 1.95 bits per heavy atom. The van der Waals surface area contributed by atoms with Crippen LogP contribution in [0.4, 0.5) is 0 Å². The van der Waals surface area contributed by atoms with Crippen LogP contribution in [0, 0.1) is 5.92 Å². The van der Waals surface area contributed by atoms with Gasteiger partial charge in [0.1, 0.15) is 6.10 Å². The van der Waals surface area contributed by atoms with Crippen LogP contribution in [0.1, 0.15) is 52.4 Å². The van der Waals surface area contributed by atoms with Crippen LogP contribution in [0.15, 0.2) is 5.11 Å². The van der Waals surface area contributed by atoms with Gasteiger partial charge in [0, 0.05) is 11.0 Å². The maximum Gasteiger partial charge on any atom is 0.264 e. The van der Waals surface area contributed by atoms with E-state index in [1.165, 1.54) is 0 Å². The Morgan fingerprint density at radius 3 is 2.48 bits per heavy atom. The Bertz CT molecular complexity index is 421. The lowest BCUT2D eigenvalue weighted by Crippen LogP contribution is -2.28. The van der Waals surface area contributed by atoms with Crippen molar-refractivity contribution < 1.29 is 17.7 Å². The van der Waals surface area contributed by atoms with E-state index in [1.807, 2.05) is 13.8 Å². The molecule has 1 N–H and O–H groups in total. The summed E-state index contributed by atoms with van der Waals surface area (Å²) in [5.41, 5.74) is 8.59. The molecule has 1 rings (SSSR count). The summed E-state index contributed by atoms with van der Waals surface area (Å²) < 4.78 is 27.0. The minimum absolute atomic E-state index is 0.0669. The van der Waals surface area contributed by atoms with Gasteiger partial charge in [0.25, 0.3) is 10.1 Å². The van der Waals surface area contributed by atoms with Crippen LogP contribution in [0.2, 0.25) is 0 Å². The quantitative estimate of drug-likeness (QED) is 0.266. The largest absolute Gasteiger partial charge is 0.394 e. The van der Waals surface area contributed by atoms with Crippen LogP contribution in [-0.2, 0) is 14.3 Å². The number of nitrogens with zero attached hydrogens (tertiary/aromatic N) is 3. The zero-order valence-electron chi connectivity index (χ0n) is 13.1. The first-order valence-corrected chi connectivity index (χ1v) is 9.31. The fourth-order valence-electron chi connectivity index (χ4n) is 2.59. The molecule has 0 amide bonds. The van der Waals surface area contributed by atoms with E-state index >= 15 is 0 Å². The molecule has 124 valence electrons. The molecule has 3 atom stereocenters. The Balaban J connectivity index is 0.00000191. The van der Waals surface area contributed by atoms with Gasteiger partial charge in [-0.15, -0.1) is 0 Å². The van der Waals surface area contributed by atoms with Gasteiger partial charge in [0.2, 0.25) is 0 Å². The number of hydrogen-bond acceptors (Lipinski definition) is 5. The van der Waals surface area contributed by atoms with Gasteiger partial charge in [-0.25, -0.2) is 0 Å². The molecule has 0 bridgehead atoms. The molecule has 1 saturated carbocycles. The van der Waals surface area contributed by atoms with Gasteiger partial charge in [0.15, 0.2) is 0 Å². The first kappa shape index (κ1) is 20.2. The zero-order valence-corrected chi connectivity index (χ0v) is 13.9. The molecule has 0 aromatic rings. The lowest BCUT2D eigenvalue weighted by molar-refractivity contribution is 0.0942. The normalized spacial score (nSPS) is 24.0. The number of aliphatic hydroxyl groups is 1. The van der Waals surface area contributed by atoms with Gasteiger partial charge in [0.05, 0.1) is 12.9 Å². The fraction of sp³-hybridized carbons (Fsp3) is 1.00. The highest BCUT2D eigenvalue weighted by Crippen LogP contribution is 2.30. The maximum absolute atomic E-state index is 11.1. The molecule has 0 aromatic carbocycles. The highest BCUT2D eigenvalue weighted by molar-refractivity contribution is 7.86. The molecule has 8 heteroatoms. The summed E-state index contributed by atoms with van der Waals surface area (Å²) >= 11 is 0. The van der Waals surface area contributed by atoms with E-state index in [4.69, 9.17) is 9.71 Å². The molecular weight excluding hydrogens is 294 g/mol. The van der Waals surface area contributed by atoms with Crippen molar-refractivity contribution >= 4 is 10.1 Å². The van der Waals surface area contributed by atoms with Gasteiger partial charge in [-0.2, -0.15) is 8.42 Å². The monoisotopic (exact) mass is 321 g/mol. The lowest BCUT2D eigenvalue weighted by atomic mass is 9.90. The van der Waals surface area contributed by atoms with Gasteiger partial charge in [-0.05, 0) is 30.7 Å². The van der Waals surface area contributed by atoms with E-state index in [2.05, 4.69) is 10.0 Å². The molecule has 1 fully saturated rings. The van der Waals surface area contributed by atoms with Crippen LogP contribution in [0.3, 0.4) is 0 Å². The van der Waals surface area contributed by atoms with Crippen molar-refractivity contribution in [2.45, 2.75) is 64.5 Å². The minimum atomic E-state index is -3.59. The summed E-state index contributed by atoms with van der Waals surface area (Å²) in [6.45, 7) is 3.65. The Morgan fingerprint density at radius 1 is 1.33 bits per heavy atom. The van der Waals surface area contributed by atoms with E-state index in [9.17, 15) is 13.5 Å². The summed E-state index contributed by atoms with van der Waals surface area (Å²) in [6, 6.07) is -0.135. The second-order valence-electron chi connectivity index (χ2n) is 5.01.